The molecule has 3 amide bonds. The van der Waals surface area contributed by atoms with E-state index >= 15 is 0 Å². The number of rotatable bonds is 11. The average Bonchev–Trinajstić information content (AvgIpc) is 2.92. The second-order valence-electron chi connectivity index (χ2n) is 11.8. The summed E-state index contributed by atoms with van der Waals surface area (Å²) in [5.41, 5.74) is 4.39. The third-order valence-electron chi connectivity index (χ3n) is 7.08. The van der Waals surface area contributed by atoms with Crippen LogP contribution in [0.15, 0.2) is 72.8 Å². The zero-order chi connectivity index (χ0) is 30.9. The third-order valence-corrected chi connectivity index (χ3v) is 7.08. The summed E-state index contributed by atoms with van der Waals surface area (Å²) in [6, 6.07) is 21.2. The van der Waals surface area contributed by atoms with Crippen LogP contribution >= 0.6 is 0 Å². The first kappa shape index (κ1) is 32.4. The zero-order valence-corrected chi connectivity index (χ0v) is 26.0. The molecule has 0 aromatic heterocycles. The van der Waals surface area contributed by atoms with Gasteiger partial charge in [0, 0.05) is 18.7 Å². The molecule has 0 bridgehead atoms. The van der Waals surface area contributed by atoms with Crippen molar-refractivity contribution in [1.29, 1.82) is 0 Å². The summed E-state index contributed by atoms with van der Waals surface area (Å²) in [5, 5.41) is 5.95. The van der Waals surface area contributed by atoms with Gasteiger partial charge >= 0.3 is 6.09 Å². The van der Waals surface area contributed by atoms with Crippen molar-refractivity contribution in [3.05, 3.63) is 101 Å². The quantitative estimate of drug-likeness (QED) is 0.258. The highest BCUT2D eigenvalue weighted by Gasteiger charge is 2.37. The minimum atomic E-state index is -0.946. The van der Waals surface area contributed by atoms with E-state index < -0.39 is 23.8 Å². The Hall–Kier alpha value is -4.13. The first-order chi connectivity index (χ1) is 19.9. The summed E-state index contributed by atoms with van der Waals surface area (Å²) in [6.07, 6.45) is 1.08. The number of carbonyl (C=O) groups excluding carboxylic acids is 3. The van der Waals surface area contributed by atoms with Gasteiger partial charge in [0.15, 0.2) is 0 Å². The van der Waals surface area contributed by atoms with Crippen molar-refractivity contribution in [2.75, 3.05) is 11.9 Å². The molecule has 0 fully saturated rings. The van der Waals surface area contributed by atoms with Gasteiger partial charge in [-0.3, -0.25) is 9.59 Å². The molecule has 0 aliphatic rings. The number of ether oxygens (including phenoxy) is 1. The number of nitrogens with zero attached hydrogens (tertiary/aromatic N) is 1. The highest BCUT2D eigenvalue weighted by molar-refractivity contribution is 6.00. The van der Waals surface area contributed by atoms with Crippen molar-refractivity contribution < 1.29 is 19.1 Å². The molecule has 2 atom stereocenters. The Morgan fingerprint density at radius 2 is 1.43 bits per heavy atom. The first-order valence-corrected chi connectivity index (χ1v) is 14.7. The van der Waals surface area contributed by atoms with Crippen molar-refractivity contribution in [2.24, 2.45) is 0 Å². The van der Waals surface area contributed by atoms with Crippen molar-refractivity contribution in [2.45, 2.75) is 85.4 Å². The number of carbonyl (C=O) groups is 3. The van der Waals surface area contributed by atoms with E-state index in [2.05, 4.69) is 10.6 Å². The van der Waals surface area contributed by atoms with Gasteiger partial charge in [-0.2, -0.15) is 0 Å². The van der Waals surface area contributed by atoms with Crippen LogP contribution in [0.1, 0.15) is 74.4 Å². The van der Waals surface area contributed by atoms with E-state index in [1.165, 1.54) is 0 Å². The fourth-order valence-electron chi connectivity index (χ4n) is 4.94. The molecule has 0 aliphatic heterocycles. The van der Waals surface area contributed by atoms with Gasteiger partial charge in [0.05, 0.1) is 0 Å². The molecule has 0 spiro atoms. The molecule has 3 aromatic rings. The summed E-state index contributed by atoms with van der Waals surface area (Å²) in [7, 11) is 0. The molecule has 0 aliphatic carbocycles. The smallest absolute Gasteiger partial charge is 0.408 e. The van der Waals surface area contributed by atoms with E-state index in [1.807, 2.05) is 100 Å². The lowest BCUT2D eigenvalue weighted by atomic mass is 9.96. The predicted octanol–water partition coefficient (Wildman–Crippen LogP) is 7.06. The Kier molecular flexibility index (Phi) is 11.3. The molecule has 2 N–H and O–H groups in total. The summed E-state index contributed by atoms with van der Waals surface area (Å²) < 4.78 is 5.53. The van der Waals surface area contributed by atoms with Gasteiger partial charge in [-0.1, -0.05) is 86.1 Å². The SMILES string of the molecule is CCCCN(C(=O)C(Cc1ccccc1)NC(=O)OC(C)(C)C)C(C(=O)Nc1c(C)cccc1C)c1ccccc1C. The van der Waals surface area contributed by atoms with E-state index in [0.717, 1.165) is 39.9 Å². The summed E-state index contributed by atoms with van der Waals surface area (Å²) in [4.78, 5) is 43.4. The molecule has 7 heteroatoms. The number of para-hydroxylation sites is 1. The van der Waals surface area contributed by atoms with Crippen molar-refractivity contribution in [3.63, 3.8) is 0 Å². The van der Waals surface area contributed by atoms with Gasteiger partial charge in [-0.05, 0) is 75.8 Å². The Bertz CT molecular complexity index is 1340. The maximum absolute atomic E-state index is 14.5. The normalized spacial score (nSPS) is 12.6. The molecule has 224 valence electrons. The van der Waals surface area contributed by atoms with Crippen LogP contribution in [-0.2, 0) is 20.7 Å². The Morgan fingerprint density at radius 1 is 0.833 bits per heavy atom. The van der Waals surface area contributed by atoms with Gasteiger partial charge in [-0.15, -0.1) is 0 Å². The van der Waals surface area contributed by atoms with Gasteiger partial charge in [0.1, 0.15) is 17.7 Å². The van der Waals surface area contributed by atoms with Gasteiger partial charge in [0.2, 0.25) is 5.91 Å². The predicted molar refractivity (Wildman–Crippen MR) is 168 cm³/mol. The number of aryl methyl sites for hydroxylation is 3. The van der Waals surface area contributed by atoms with Crippen LogP contribution < -0.4 is 10.6 Å². The lowest BCUT2D eigenvalue weighted by molar-refractivity contribution is -0.140. The molecular weight excluding hydrogens is 526 g/mol. The summed E-state index contributed by atoms with van der Waals surface area (Å²) >= 11 is 0. The maximum Gasteiger partial charge on any atom is 0.408 e. The summed E-state index contributed by atoms with van der Waals surface area (Å²) in [5.74, 6) is -0.648. The van der Waals surface area contributed by atoms with Crippen LogP contribution in [0, 0.1) is 20.8 Å². The molecule has 0 saturated carbocycles. The van der Waals surface area contributed by atoms with E-state index in [0.29, 0.717) is 13.0 Å². The molecule has 3 aromatic carbocycles. The Morgan fingerprint density at radius 3 is 2.02 bits per heavy atom. The highest BCUT2D eigenvalue weighted by atomic mass is 16.6. The molecule has 42 heavy (non-hydrogen) atoms. The number of benzene rings is 3. The fourth-order valence-corrected chi connectivity index (χ4v) is 4.94. The van der Waals surface area contributed by atoms with Crippen LogP contribution in [-0.4, -0.2) is 41.0 Å². The molecule has 3 rings (SSSR count). The van der Waals surface area contributed by atoms with E-state index in [4.69, 9.17) is 4.74 Å². The lowest BCUT2D eigenvalue weighted by Crippen LogP contribution is -2.53. The largest absolute Gasteiger partial charge is 0.444 e. The van der Waals surface area contributed by atoms with Crippen molar-refractivity contribution in [1.82, 2.24) is 10.2 Å². The van der Waals surface area contributed by atoms with E-state index in [1.54, 1.807) is 25.7 Å². The van der Waals surface area contributed by atoms with Crippen molar-refractivity contribution in [3.8, 4) is 0 Å². The number of alkyl carbamates (subject to hydrolysis) is 1. The monoisotopic (exact) mass is 571 g/mol. The second-order valence-corrected chi connectivity index (χ2v) is 11.8. The minimum Gasteiger partial charge on any atom is -0.444 e. The van der Waals surface area contributed by atoms with E-state index in [9.17, 15) is 14.4 Å². The number of nitrogens with one attached hydrogen (secondary N) is 2. The molecule has 0 heterocycles. The number of hydrogen-bond donors (Lipinski definition) is 2. The lowest BCUT2D eigenvalue weighted by Gasteiger charge is -2.35. The van der Waals surface area contributed by atoms with Crippen LogP contribution in [0.25, 0.3) is 0 Å². The highest BCUT2D eigenvalue weighted by Crippen LogP contribution is 2.29. The molecular formula is C35H45N3O4. The average molecular weight is 572 g/mol. The van der Waals surface area contributed by atoms with Gasteiger partial charge in [0.25, 0.3) is 5.91 Å². The van der Waals surface area contributed by atoms with Gasteiger partial charge < -0.3 is 20.3 Å². The standard InChI is InChI=1S/C35H45N3O4/c1-8-9-22-38(33(40)29(23-27-19-11-10-12-20-27)36-34(41)42-35(5,6)7)31(28-21-14-13-16-24(28)2)32(39)37-30-25(3)17-15-18-26(30)4/h10-21,29,31H,8-9,22-23H2,1-7H3,(H,36,41)(H,37,39). The molecule has 0 radical (unpaired) electrons. The maximum atomic E-state index is 14.5. The van der Waals surface area contributed by atoms with E-state index in [-0.39, 0.29) is 18.2 Å². The van der Waals surface area contributed by atoms with Crippen LogP contribution in [0.2, 0.25) is 0 Å². The molecule has 0 saturated heterocycles. The van der Waals surface area contributed by atoms with Crippen LogP contribution in [0.4, 0.5) is 10.5 Å². The minimum absolute atomic E-state index is 0.251. The Balaban J connectivity index is 2.09. The summed E-state index contributed by atoms with van der Waals surface area (Å²) in [6.45, 7) is 13.6. The molecule has 7 nitrogen and oxygen atoms in total. The Labute approximate surface area is 250 Å². The number of unbranched alkanes of at least 4 members (excludes halogenated alkanes) is 1. The van der Waals surface area contributed by atoms with Crippen LogP contribution in [0.3, 0.4) is 0 Å². The topological polar surface area (TPSA) is 87.7 Å². The number of amides is 3. The number of anilines is 1. The fraction of sp³-hybridized carbons (Fsp3) is 0.400. The van der Waals surface area contributed by atoms with Crippen LogP contribution in [0.5, 0.6) is 0 Å². The van der Waals surface area contributed by atoms with Gasteiger partial charge in [-0.25, -0.2) is 4.79 Å². The zero-order valence-electron chi connectivity index (χ0n) is 26.0. The third kappa shape index (κ3) is 8.93. The first-order valence-electron chi connectivity index (χ1n) is 14.7. The molecule has 2 unspecified atom stereocenters. The second kappa shape index (κ2) is 14.7. The van der Waals surface area contributed by atoms with Crippen molar-refractivity contribution >= 4 is 23.6 Å². The number of hydrogen-bond acceptors (Lipinski definition) is 4.